The van der Waals surface area contributed by atoms with Crippen LogP contribution in [0, 0.1) is 11.8 Å². The van der Waals surface area contributed by atoms with E-state index in [0.29, 0.717) is 85.8 Å². The van der Waals surface area contributed by atoms with Gasteiger partial charge in [0.05, 0.1) is 91.5 Å². The Bertz CT molecular complexity index is 1400. The van der Waals surface area contributed by atoms with Crippen LogP contribution in [0.15, 0.2) is 48.5 Å². The van der Waals surface area contributed by atoms with Crippen molar-refractivity contribution in [3.8, 4) is 11.8 Å². The van der Waals surface area contributed by atoms with E-state index in [1.807, 2.05) is 69.3 Å². The third-order valence-electron chi connectivity index (χ3n) is 7.08. The smallest absolute Gasteiger partial charge is 0.407 e. The van der Waals surface area contributed by atoms with Gasteiger partial charge in [0.2, 0.25) is 11.8 Å². The molecule has 0 spiro atoms. The molecule has 0 saturated carbocycles. The third-order valence-corrected chi connectivity index (χ3v) is 7.08. The third kappa shape index (κ3) is 18.2. The molecule has 280 valence electrons. The number of hydrogen-bond donors (Lipinski definition) is 2. The number of amides is 3. The van der Waals surface area contributed by atoms with Crippen molar-refractivity contribution in [3.05, 3.63) is 65.2 Å². The van der Waals surface area contributed by atoms with Crippen LogP contribution in [0.5, 0.6) is 0 Å². The van der Waals surface area contributed by atoms with Crippen molar-refractivity contribution in [2.45, 2.75) is 45.8 Å². The lowest BCUT2D eigenvalue weighted by Gasteiger charge is -2.26. The van der Waals surface area contributed by atoms with Crippen LogP contribution in [0.4, 0.5) is 10.5 Å². The van der Waals surface area contributed by atoms with Gasteiger partial charge < -0.3 is 48.7 Å². The Morgan fingerprint density at radius 3 is 1.75 bits per heavy atom. The quantitative estimate of drug-likeness (QED) is 0.123. The molecule has 0 unspecified atom stereocenters. The number of carbonyl (C=O) groups is 3. The summed E-state index contributed by atoms with van der Waals surface area (Å²) in [4.78, 5) is 38.8. The predicted octanol–water partition coefficient (Wildman–Crippen LogP) is 3.45. The lowest BCUT2D eigenvalue weighted by atomic mass is 10.0. The standard InChI is InChI=1S/C38H53N3O10/c1-38(2,3)51-37(44)40-17-19-46-21-23-48-25-27-50-29-28-49-26-24-47-22-20-45-18-15-35(42)39-16-14-36(43)41-30-33-10-5-4-8-31(33)12-13-32-9-6-7-11-34(32)41/h4-11H,14-30H2,1-3H3,(H,39,42)(H,40,44). The Morgan fingerprint density at radius 1 is 0.627 bits per heavy atom. The second-order valence-electron chi connectivity index (χ2n) is 12.4. The van der Waals surface area contributed by atoms with Crippen LogP contribution in [0.3, 0.4) is 0 Å². The summed E-state index contributed by atoms with van der Waals surface area (Å²) in [5, 5.41) is 5.44. The van der Waals surface area contributed by atoms with Gasteiger partial charge in [0.25, 0.3) is 0 Å². The van der Waals surface area contributed by atoms with Gasteiger partial charge in [-0.1, -0.05) is 42.2 Å². The number of alkyl carbamates (subject to hydrolysis) is 1. The van der Waals surface area contributed by atoms with E-state index in [-0.39, 0.29) is 37.8 Å². The van der Waals surface area contributed by atoms with Gasteiger partial charge in [-0.25, -0.2) is 4.79 Å². The molecule has 2 aromatic carbocycles. The molecule has 2 aromatic rings. The first-order valence-corrected chi connectivity index (χ1v) is 17.4. The summed E-state index contributed by atoms with van der Waals surface area (Å²) in [6.45, 7) is 11.4. The number of nitrogens with zero attached hydrogens (tertiary/aromatic N) is 1. The number of rotatable bonds is 24. The molecule has 13 nitrogen and oxygen atoms in total. The van der Waals surface area contributed by atoms with E-state index in [1.165, 1.54) is 0 Å². The zero-order valence-corrected chi connectivity index (χ0v) is 30.2. The number of fused-ring (bicyclic) bond motifs is 2. The number of carbonyl (C=O) groups excluding carboxylic acids is 3. The van der Waals surface area contributed by atoms with Gasteiger partial charge in [-0.15, -0.1) is 0 Å². The number of para-hydroxylation sites is 1. The SMILES string of the molecule is CC(C)(C)OC(=O)NCCOCCOCCOCCOCCOCCOCCC(=O)NCCC(=O)N1Cc2ccccc2C#Cc2ccccc21. The van der Waals surface area contributed by atoms with Crippen molar-refractivity contribution in [1.29, 1.82) is 0 Å². The summed E-state index contributed by atoms with van der Waals surface area (Å²) in [7, 11) is 0. The van der Waals surface area contributed by atoms with E-state index in [0.717, 1.165) is 22.4 Å². The Balaban J connectivity index is 1.08. The van der Waals surface area contributed by atoms with Gasteiger partial charge in [0.1, 0.15) is 5.60 Å². The first-order valence-electron chi connectivity index (χ1n) is 17.4. The normalized spacial score (nSPS) is 12.1. The first-order chi connectivity index (χ1) is 24.7. The largest absolute Gasteiger partial charge is 0.444 e. The van der Waals surface area contributed by atoms with Crippen LogP contribution >= 0.6 is 0 Å². The molecule has 1 aliphatic heterocycles. The molecule has 0 aliphatic carbocycles. The molecule has 0 aromatic heterocycles. The molecule has 2 N–H and O–H groups in total. The van der Waals surface area contributed by atoms with E-state index in [1.54, 1.807) is 4.90 Å². The van der Waals surface area contributed by atoms with Crippen molar-refractivity contribution in [2.24, 2.45) is 0 Å². The molecule has 0 saturated heterocycles. The fourth-order valence-corrected chi connectivity index (χ4v) is 4.65. The van der Waals surface area contributed by atoms with Gasteiger partial charge in [-0.3, -0.25) is 9.59 Å². The lowest BCUT2D eigenvalue weighted by Crippen LogP contribution is -2.35. The molecule has 51 heavy (non-hydrogen) atoms. The number of hydrogen-bond acceptors (Lipinski definition) is 10. The summed E-state index contributed by atoms with van der Waals surface area (Å²) in [5.41, 5.74) is 2.93. The van der Waals surface area contributed by atoms with Crippen LogP contribution in [0.25, 0.3) is 0 Å². The van der Waals surface area contributed by atoms with E-state index < -0.39 is 11.7 Å². The number of nitrogens with one attached hydrogen (secondary N) is 2. The topological polar surface area (TPSA) is 143 Å². The highest BCUT2D eigenvalue weighted by atomic mass is 16.6. The molecule has 0 atom stereocenters. The zero-order valence-electron chi connectivity index (χ0n) is 30.2. The molecule has 1 aliphatic rings. The molecule has 0 fully saturated rings. The minimum absolute atomic E-state index is 0.0844. The Hall–Kier alpha value is -4.03. The second-order valence-corrected chi connectivity index (χ2v) is 12.4. The van der Waals surface area contributed by atoms with Crippen molar-refractivity contribution in [1.82, 2.24) is 10.6 Å². The maximum atomic E-state index is 13.3. The highest BCUT2D eigenvalue weighted by molar-refractivity contribution is 5.95. The summed E-state index contributed by atoms with van der Waals surface area (Å²) in [6.07, 6.45) is -0.0977. The van der Waals surface area contributed by atoms with Crippen LogP contribution in [0.2, 0.25) is 0 Å². The molecule has 3 amide bonds. The van der Waals surface area contributed by atoms with Crippen molar-refractivity contribution >= 4 is 23.6 Å². The Labute approximate surface area is 301 Å². The summed E-state index contributed by atoms with van der Waals surface area (Å²) in [6, 6.07) is 15.4. The van der Waals surface area contributed by atoms with Gasteiger partial charge in [0.15, 0.2) is 0 Å². The van der Waals surface area contributed by atoms with E-state index in [2.05, 4.69) is 22.5 Å². The first kappa shape index (κ1) is 41.4. The highest BCUT2D eigenvalue weighted by Gasteiger charge is 2.21. The number of benzene rings is 2. The molecular formula is C38H53N3O10. The molecule has 0 radical (unpaired) electrons. The van der Waals surface area contributed by atoms with Crippen LogP contribution in [0.1, 0.15) is 50.3 Å². The van der Waals surface area contributed by atoms with Crippen LogP contribution < -0.4 is 15.5 Å². The Morgan fingerprint density at radius 2 is 1.14 bits per heavy atom. The molecule has 0 bridgehead atoms. The van der Waals surface area contributed by atoms with Gasteiger partial charge in [-0.2, -0.15) is 0 Å². The fraction of sp³-hybridized carbons (Fsp3) is 0.553. The summed E-state index contributed by atoms with van der Waals surface area (Å²) in [5.74, 6) is 6.15. The molecule has 13 heteroatoms. The predicted molar refractivity (Wildman–Crippen MR) is 191 cm³/mol. The van der Waals surface area contributed by atoms with E-state index >= 15 is 0 Å². The molecular weight excluding hydrogens is 658 g/mol. The molecule has 3 rings (SSSR count). The van der Waals surface area contributed by atoms with E-state index in [4.69, 9.17) is 33.2 Å². The maximum Gasteiger partial charge on any atom is 0.407 e. The van der Waals surface area contributed by atoms with Crippen molar-refractivity contribution < 1.29 is 47.5 Å². The second kappa shape index (κ2) is 24.2. The van der Waals surface area contributed by atoms with Crippen molar-refractivity contribution in [2.75, 3.05) is 97.3 Å². The Kier molecular flexibility index (Phi) is 19.6. The molecule has 1 heterocycles. The number of anilines is 1. The lowest BCUT2D eigenvalue weighted by molar-refractivity contribution is -0.122. The van der Waals surface area contributed by atoms with Crippen molar-refractivity contribution in [3.63, 3.8) is 0 Å². The van der Waals surface area contributed by atoms with Gasteiger partial charge in [-0.05, 0) is 44.5 Å². The zero-order chi connectivity index (χ0) is 36.6. The van der Waals surface area contributed by atoms with E-state index in [9.17, 15) is 14.4 Å². The summed E-state index contributed by atoms with van der Waals surface area (Å²) >= 11 is 0. The monoisotopic (exact) mass is 711 g/mol. The summed E-state index contributed by atoms with van der Waals surface area (Å²) < 4.78 is 37.9. The maximum absolute atomic E-state index is 13.3. The number of ether oxygens (including phenoxy) is 7. The fourth-order valence-electron chi connectivity index (χ4n) is 4.65. The van der Waals surface area contributed by atoms with Crippen LogP contribution in [-0.4, -0.2) is 116 Å². The average Bonchev–Trinajstić information content (AvgIpc) is 3.09. The average molecular weight is 712 g/mol. The highest BCUT2D eigenvalue weighted by Crippen LogP contribution is 2.25. The minimum Gasteiger partial charge on any atom is -0.444 e. The van der Waals surface area contributed by atoms with Gasteiger partial charge in [0, 0.05) is 37.1 Å². The minimum atomic E-state index is -0.523. The van der Waals surface area contributed by atoms with Crippen LogP contribution in [-0.2, 0) is 49.3 Å². The van der Waals surface area contributed by atoms with Gasteiger partial charge >= 0.3 is 6.09 Å².